The second-order valence-corrected chi connectivity index (χ2v) is 5.11. The number of thioether (sulfide) groups is 1. The van der Waals surface area contributed by atoms with Gasteiger partial charge >= 0.3 is 0 Å². The molecule has 1 atom stereocenters. The third-order valence-corrected chi connectivity index (χ3v) is 3.57. The smallest absolute Gasteiger partial charge is 0.238 e. The first-order chi connectivity index (χ1) is 7.36. The number of nitrogens with one attached hydrogen (secondary N) is 2. The van der Waals surface area contributed by atoms with Gasteiger partial charge in [0.25, 0.3) is 0 Å². The highest BCUT2D eigenvalue weighted by Crippen LogP contribution is 2.28. The molecule has 86 valence electrons. The van der Waals surface area contributed by atoms with E-state index in [1.807, 2.05) is 0 Å². The summed E-state index contributed by atoms with van der Waals surface area (Å²) in [6.07, 6.45) is 2.63. The lowest BCUT2D eigenvalue weighted by Gasteiger charge is -2.10. The highest BCUT2D eigenvalue weighted by molar-refractivity contribution is 7.99. The van der Waals surface area contributed by atoms with Gasteiger partial charge in [-0.05, 0) is 18.8 Å². The molecule has 0 bridgehead atoms. The zero-order chi connectivity index (χ0) is 10.5. The summed E-state index contributed by atoms with van der Waals surface area (Å²) in [6, 6.07) is -0.00145. The average molecular weight is 230 g/mol. The monoisotopic (exact) mass is 230 g/mol. The standard InChI is InChI=1S/C10H18N2O2S/c13-10(9-6-15-7-12-9)11-3-4-14-5-8-1-2-8/h8-9,12H,1-7H2,(H,11,13). The Hall–Kier alpha value is -0.260. The van der Waals surface area contributed by atoms with Crippen molar-refractivity contribution in [3.8, 4) is 0 Å². The minimum Gasteiger partial charge on any atom is -0.379 e. The van der Waals surface area contributed by atoms with Crippen LogP contribution in [0.25, 0.3) is 0 Å². The number of carbonyl (C=O) groups excluding carboxylic acids is 1. The summed E-state index contributed by atoms with van der Waals surface area (Å²) < 4.78 is 5.43. The molecule has 1 heterocycles. The minimum atomic E-state index is -0.00145. The van der Waals surface area contributed by atoms with Gasteiger partial charge in [0.1, 0.15) is 0 Å². The lowest BCUT2D eigenvalue weighted by atomic mass is 10.3. The summed E-state index contributed by atoms with van der Waals surface area (Å²) in [4.78, 5) is 11.5. The van der Waals surface area contributed by atoms with Crippen molar-refractivity contribution >= 4 is 17.7 Å². The van der Waals surface area contributed by atoms with Crippen LogP contribution in [0.3, 0.4) is 0 Å². The van der Waals surface area contributed by atoms with Crippen LogP contribution in [0.4, 0.5) is 0 Å². The van der Waals surface area contributed by atoms with Crippen LogP contribution in [0.1, 0.15) is 12.8 Å². The van der Waals surface area contributed by atoms with Crippen LogP contribution in [0.5, 0.6) is 0 Å². The number of hydrogen-bond acceptors (Lipinski definition) is 4. The molecular formula is C10H18N2O2S. The van der Waals surface area contributed by atoms with Crippen molar-refractivity contribution < 1.29 is 9.53 Å². The lowest BCUT2D eigenvalue weighted by molar-refractivity contribution is -0.122. The normalized spacial score (nSPS) is 25.5. The Balaban J connectivity index is 1.46. The van der Waals surface area contributed by atoms with Crippen LogP contribution in [0, 0.1) is 5.92 Å². The lowest BCUT2D eigenvalue weighted by Crippen LogP contribution is -2.43. The Morgan fingerprint density at radius 3 is 3.07 bits per heavy atom. The summed E-state index contributed by atoms with van der Waals surface area (Å²) in [5.74, 6) is 2.68. The molecule has 1 unspecified atom stereocenters. The van der Waals surface area contributed by atoms with Gasteiger partial charge in [0.05, 0.1) is 12.6 Å². The van der Waals surface area contributed by atoms with E-state index in [0.29, 0.717) is 13.2 Å². The number of carbonyl (C=O) groups is 1. The molecule has 0 radical (unpaired) electrons. The predicted octanol–water partition coefficient (Wildman–Crippen LogP) is 0.192. The van der Waals surface area contributed by atoms with Gasteiger partial charge in [-0.25, -0.2) is 0 Å². The van der Waals surface area contributed by atoms with Gasteiger partial charge in [-0.15, -0.1) is 11.8 Å². The van der Waals surface area contributed by atoms with Crippen molar-refractivity contribution in [2.45, 2.75) is 18.9 Å². The summed E-state index contributed by atoms with van der Waals surface area (Å²) in [6.45, 7) is 2.14. The first-order valence-corrected chi connectivity index (χ1v) is 6.68. The summed E-state index contributed by atoms with van der Waals surface area (Å²) >= 11 is 1.76. The molecule has 1 aliphatic carbocycles. The van der Waals surface area contributed by atoms with Crippen LogP contribution < -0.4 is 10.6 Å². The second kappa shape index (κ2) is 5.72. The fourth-order valence-corrected chi connectivity index (χ4v) is 2.41. The van der Waals surface area contributed by atoms with E-state index >= 15 is 0 Å². The van der Waals surface area contributed by atoms with Crippen LogP contribution in [-0.4, -0.2) is 43.3 Å². The van der Waals surface area contributed by atoms with Gasteiger partial charge in [-0.1, -0.05) is 0 Å². The van der Waals surface area contributed by atoms with Gasteiger partial charge in [0, 0.05) is 24.8 Å². The molecule has 1 saturated carbocycles. The molecule has 0 aromatic carbocycles. The fourth-order valence-electron chi connectivity index (χ4n) is 1.47. The maximum atomic E-state index is 11.5. The quantitative estimate of drug-likeness (QED) is 0.640. The fraction of sp³-hybridized carbons (Fsp3) is 0.900. The van der Waals surface area contributed by atoms with E-state index in [4.69, 9.17) is 4.74 Å². The van der Waals surface area contributed by atoms with E-state index in [2.05, 4.69) is 10.6 Å². The molecular weight excluding hydrogens is 212 g/mol. The van der Waals surface area contributed by atoms with Gasteiger partial charge in [0.2, 0.25) is 5.91 Å². The molecule has 2 N–H and O–H groups in total. The summed E-state index contributed by atoms with van der Waals surface area (Å²) in [7, 11) is 0. The SMILES string of the molecule is O=C(NCCOCC1CC1)C1CSCN1. The van der Waals surface area contributed by atoms with Gasteiger partial charge in [-0.3, -0.25) is 10.1 Å². The first kappa shape index (κ1) is 11.2. The molecule has 1 aliphatic heterocycles. The van der Waals surface area contributed by atoms with E-state index in [-0.39, 0.29) is 11.9 Å². The number of ether oxygens (including phenoxy) is 1. The number of hydrogen-bond donors (Lipinski definition) is 2. The molecule has 1 amide bonds. The Morgan fingerprint density at radius 1 is 1.53 bits per heavy atom. The van der Waals surface area contributed by atoms with Crippen molar-refractivity contribution in [1.29, 1.82) is 0 Å². The Labute approximate surface area is 94.5 Å². The van der Waals surface area contributed by atoms with E-state index < -0.39 is 0 Å². The molecule has 5 heteroatoms. The predicted molar refractivity (Wildman–Crippen MR) is 60.8 cm³/mol. The zero-order valence-corrected chi connectivity index (χ0v) is 9.65. The van der Waals surface area contributed by atoms with E-state index in [0.717, 1.165) is 24.2 Å². The van der Waals surface area contributed by atoms with E-state index in [9.17, 15) is 4.79 Å². The van der Waals surface area contributed by atoms with Gasteiger partial charge in [-0.2, -0.15) is 0 Å². The molecule has 2 rings (SSSR count). The maximum Gasteiger partial charge on any atom is 0.238 e. The number of amides is 1. The molecule has 2 aliphatic rings. The van der Waals surface area contributed by atoms with Crippen LogP contribution in [0.2, 0.25) is 0 Å². The van der Waals surface area contributed by atoms with E-state index in [1.165, 1.54) is 12.8 Å². The summed E-state index contributed by atoms with van der Waals surface area (Å²) in [5.41, 5.74) is 0. The van der Waals surface area contributed by atoms with Gasteiger partial charge in [0.15, 0.2) is 0 Å². The second-order valence-electron chi connectivity index (χ2n) is 4.08. The third-order valence-electron chi connectivity index (χ3n) is 2.63. The molecule has 0 aromatic heterocycles. The van der Waals surface area contributed by atoms with Crippen molar-refractivity contribution in [3.05, 3.63) is 0 Å². The largest absolute Gasteiger partial charge is 0.379 e. The minimum absolute atomic E-state index is 0.00145. The highest BCUT2D eigenvalue weighted by atomic mass is 32.2. The third kappa shape index (κ3) is 4.01. The Morgan fingerprint density at radius 2 is 2.40 bits per heavy atom. The first-order valence-electron chi connectivity index (χ1n) is 5.53. The molecule has 2 fully saturated rings. The maximum absolute atomic E-state index is 11.5. The van der Waals surface area contributed by atoms with Crippen molar-refractivity contribution in [3.63, 3.8) is 0 Å². The van der Waals surface area contributed by atoms with E-state index in [1.54, 1.807) is 11.8 Å². The van der Waals surface area contributed by atoms with Crippen molar-refractivity contribution in [2.24, 2.45) is 5.92 Å². The Bertz CT molecular complexity index is 215. The van der Waals surface area contributed by atoms with Gasteiger partial charge < -0.3 is 10.1 Å². The molecule has 15 heavy (non-hydrogen) atoms. The van der Waals surface area contributed by atoms with Crippen molar-refractivity contribution in [1.82, 2.24) is 10.6 Å². The molecule has 1 saturated heterocycles. The van der Waals surface area contributed by atoms with Crippen LogP contribution in [-0.2, 0) is 9.53 Å². The summed E-state index contributed by atoms with van der Waals surface area (Å²) in [5, 5.41) is 6.01. The highest BCUT2D eigenvalue weighted by Gasteiger charge is 2.22. The van der Waals surface area contributed by atoms with Crippen LogP contribution in [0.15, 0.2) is 0 Å². The topological polar surface area (TPSA) is 50.4 Å². The van der Waals surface area contributed by atoms with Crippen molar-refractivity contribution in [2.75, 3.05) is 31.4 Å². The Kier molecular flexibility index (Phi) is 4.29. The molecule has 4 nitrogen and oxygen atoms in total. The zero-order valence-electron chi connectivity index (χ0n) is 8.83. The number of rotatable bonds is 6. The van der Waals surface area contributed by atoms with Crippen LogP contribution >= 0.6 is 11.8 Å². The molecule has 0 aromatic rings. The average Bonchev–Trinajstić information content (AvgIpc) is 2.90. The molecule has 0 spiro atoms.